The first-order chi connectivity index (χ1) is 11.0. The molecule has 1 aliphatic heterocycles. The van der Waals surface area contributed by atoms with Crippen molar-refractivity contribution < 1.29 is 4.92 Å². The highest BCUT2D eigenvalue weighted by Crippen LogP contribution is 2.26. The number of likely N-dealkylation sites (N-methyl/N-ethyl adjacent to an activating group) is 1. The predicted octanol–water partition coefficient (Wildman–Crippen LogP) is 1.90. The molecule has 1 N–H and O–H groups in total. The lowest BCUT2D eigenvalue weighted by Gasteiger charge is -2.33. The Morgan fingerprint density at radius 2 is 2.09 bits per heavy atom. The summed E-state index contributed by atoms with van der Waals surface area (Å²) in [5, 5.41) is 23.2. The van der Waals surface area contributed by atoms with Gasteiger partial charge in [0.1, 0.15) is 5.69 Å². The van der Waals surface area contributed by atoms with Crippen molar-refractivity contribution in [1.82, 2.24) is 9.80 Å². The number of hydrogen-bond donors (Lipinski definition) is 1. The molecule has 23 heavy (non-hydrogen) atoms. The molecule has 0 aromatic heterocycles. The number of nitrogens with zero attached hydrogens (tertiary/aromatic N) is 4. The standard InChI is InChI=1S/C16H23N5O2/c1-13(5-6-20-9-7-19(2)8-10-20)18-15-4-3-14(12-17)11-16(15)21(22)23/h3-4,11,13,18H,5-10H2,1-2H3. The van der Waals surface area contributed by atoms with E-state index in [1.807, 2.05) is 13.0 Å². The van der Waals surface area contributed by atoms with Crippen LogP contribution in [0.15, 0.2) is 18.2 Å². The first kappa shape index (κ1) is 17.2. The molecule has 7 heteroatoms. The highest BCUT2D eigenvalue weighted by molar-refractivity contribution is 5.64. The second-order valence-electron chi connectivity index (χ2n) is 6.08. The Labute approximate surface area is 136 Å². The number of anilines is 1. The Kier molecular flexibility index (Phi) is 5.90. The second kappa shape index (κ2) is 7.90. The van der Waals surface area contributed by atoms with Crippen molar-refractivity contribution >= 4 is 11.4 Å². The van der Waals surface area contributed by atoms with Gasteiger partial charge in [-0.3, -0.25) is 10.1 Å². The van der Waals surface area contributed by atoms with Crippen molar-refractivity contribution in [2.24, 2.45) is 0 Å². The van der Waals surface area contributed by atoms with Gasteiger partial charge in [0.2, 0.25) is 0 Å². The summed E-state index contributed by atoms with van der Waals surface area (Å²) in [4.78, 5) is 15.4. The molecule has 7 nitrogen and oxygen atoms in total. The zero-order valence-corrected chi connectivity index (χ0v) is 13.7. The van der Waals surface area contributed by atoms with Gasteiger partial charge in [0, 0.05) is 44.8 Å². The molecule has 1 aliphatic rings. The van der Waals surface area contributed by atoms with E-state index in [-0.39, 0.29) is 11.7 Å². The van der Waals surface area contributed by atoms with Crippen LogP contribution < -0.4 is 5.32 Å². The number of rotatable bonds is 6. The molecule has 0 amide bonds. The first-order valence-corrected chi connectivity index (χ1v) is 7.85. The molecule has 0 bridgehead atoms. The van der Waals surface area contributed by atoms with E-state index in [0.29, 0.717) is 11.3 Å². The predicted molar refractivity (Wildman–Crippen MR) is 89.5 cm³/mol. The molecule has 1 aromatic rings. The van der Waals surface area contributed by atoms with E-state index in [2.05, 4.69) is 22.2 Å². The zero-order valence-electron chi connectivity index (χ0n) is 13.7. The fourth-order valence-corrected chi connectivity index (χ4v) is 2.66. The molecule has 2 rings (SSSR count). The summed E-state index contributed by atoms with van der Waals surface area (Å²) in [7, 11) is 2.13. The van der Waals surface area contributed by atoms with Crippen LogP contribution in [-0.4, -0.2) is 60.5 Å². The van der Waals surface area contributed by atoms with Gasteiger partial charge in [-0.05, 0) is 32.5 Å². The van der Waals surface area contributed by atoms with Crippen LogP contribution in [0.5, 0.6) is 0 Å². The minimum atomic E-state index is -0.448. The molecular formula is C16H23N5O2. The molecule has 1 fully saturated rings. The Morgan fingerprint density at radius 3 is 2.70 bits per heavy atom. The van der Waals surface area contributed by atoms with Crippen LogP contribution in [0.3, 0.4) is 0 Å². The molecule has 0 radical (unpaired) electrons. The lowest BCUT2D eigenvalue weighted by atomic mass is 10.1. The number of nitriles is 1. The van der Waals surface area contributed by atoms with Crippen molar-refractivity contribution in [1.29, 1.82) is 5.26 Å². The van der Waals surface area contributed by atoms with Crippen LogP contribution in [-0.2, 0) is 0 Å². The number of nitro benzene ring substituents is 1. The van der Waals surface area contributed by atoms with Gasteiger partial charge in [0.25, 0.3) is 5.69 Å². The van der Waals surface area contributed by atoms with E-state index in [4.69, 9.17) is 5.26 Å². The maximum Gasteiger partial charge on any atom is 0.293 e. The summed E-state index contributed by atoms with van der Waals surface area (Å²) in [6.07, 6.45) is 0.918. The van der Waals surface area contributed by atoms with E-state index in [1.165, 1.54) is 6.07 Å². The molecule has 0 aliphatic carbocycles. The molecule has 0 saturated carbocycles. The average molecular weight is 317 g/mol. The second-order valence-corrected chi connectivity index (χ2v) is 6.08. The Morgan fingerprint density at radius 1 is 1.39 bits per heavy atom. The maximum absolute atomic E-state index is 11.2. The van der Waals surface area contributed by atoms with Crippen LogP contribution in [0, 0.1) is 21.4 Å². The Balaban J connectivity index is 1.91. The molecule has 1 saturated heterocycles. The first-order valence-electron chi connectivity index (χ1n) is 7.85. The van der Waals surface area contributed by atoms with Gasteiger partial charge in [0.15, 0.2) is 0 Å². The summed E-state index contributed by atoms with van der Waals surface area (Å²) in [5.41, 5.74) is 0.725. The van der Waals surface area contributed by atoms with Gasteiger partial charge in [-0.25, -0.2) is 0 Å². The lowest BCUT2D eigenvalue weighted by Crippen LogP contribution is -2.45. The van der Waals surface area contributed by atoms with Gasteiger partial charge in [0.05, 0.1) is 16.6 Å². The van der Waals surface area contributed by atoms with Gasteiger partial charge >= 0.3 is 0 Å². The minimum absolute atomic E-state index is 0.0458. The molecule has 1 atom stereocenters. The SMILES string of the molecule is CC(CCN1CCN(C)CC1)Nc1ccc(C#N)cc1[N+](=O)[O-]. The number of nitrogens with one attached hydrogen (secondary N) is 1. The van der Waals surface area contributed by atoms with E-state index in [1.54, 1.807) is 12.1 Å². The monoisotopic (exact) mass is 317 g/mol. The van der Waals surface area contributed by atoms with Crippen molar-refractivity contribution in [3.63, 3.8) is 0 Å². The van der Waals surface area contributed by atoms with Crippen molar-refractivity contribution in [3.05, 3.63) is 33.9 Å². The average Bonchev–Trinajstić information content (AvgIpc) is 2.54. The summed E-state index contributed by atoms with van der Waals surface area (Å²) in [5.74, 6) is 0. The van der Waals surface area contributed by atoms with Crippen LogP contribution in [0.2, 0.25) is 0 Å². The summed E-state index contributed by atoms with van der Waals surface area (Å²) >= 11 is 0. The molecule has 124 valence electrons. The third-order valence-corrected chi connectivity index (χ3v) is 4.20. The Hall–Kier alpha value is -2.17. The highest BCUT2D eigenvalue weighted by atomic mass is 16.6. The van der Waals surface area contributed by atoms with Gasteiger partial charge in [-0.1, -0.05) is 0 Å². The van der Waals surface area contributed by atoms with Crippen LogP contribution in [0.25, 0.3) is 0 Å². The Bertz CT molecular complexity index is 591. The van der Waals surface area contributed by atoms with Gasteiger partial charge in [-0.15, -0.1) is 0 Å². The number of hydrogen-bond acceptors (Lipinski definition) is 6. The van der Waals surface area contributed by atoms with Crippen molar-refractivity contribution in [2.75, 3.05) is 45.1 Å². The number of nitro groups is 1. The summed E-state index contributed by atoms with van der Waals surface area (Å²) < 4.78 is 0. The molecular weight excluding hydrogens is 294 g/mol. The van der Waals surface area contributed by atoms with E-state index < -0.39 is 4.92 Å². The van der Waals surface area contributed by atoms with Crippen LogP contribution in [0.1, 0.15) is 18.9 Å². The van der Waals surface area contributed by atoms with E-state index >= 15 is 0 Å². The van der Waals surface area contributed by atoms with Crippen molar-refractivity contribution in [2.45, 2.75) is 19.4 Å². The lowest BCUT2D eigenvalue weighted by molar-refractivity contribution is -0.384. The van der Waals surface area contributed by atoms with Gasteiger partial charge in [-0.2, -0.15) is 5.26 Å². The minimum Gasteiger partial charge on any atom is -0.377 e. The molecule has 1 unspecified atom stereocenters. The topological polar surface area (TPSA) is 85.4 Å². The number of piperazine rings is 1. The van der Waals surface area contributed by atoms with Crippen molar-refractivity contribution in [3.8, 4) is 6.07 Å². The third-order valence-electron chi connectivity index (χ3n) is 4.20. The quantitative estimate of drug-likeness (QED) is 0.637. The summed E-state index contributed by atoms with van der Waals surface area (Å²) in [6.45, 7) is 7.32. The molecule has 1 heterocycles. The zero-order chi connectivity index (χ0) is 16.8. The fourth-order valence-electron chi connectivity index (χ4n) is 2.66. The number of benzene rings is 1. The smallest absolute Gasteiger partial charge is 0.293 e. The van der Waals surface area contributed by atoms with Gasteiger partial charge < -0.3 is 15.1 Å². The van der Waals surface area contributed by atoms with E-state index in [0.717, 1.165) is 39.1 Å². The normalized spacial score (nSPS) is 17.4. The molecule has 0 spiro atoms. The van der Waals surface area contributed by atoms with Crippen LogP contribution >= 0.6 is 0 Å². The third kappa shape index (κ3) is 4.91. The highest BCUT2D eigenvalue weighted by Gasteiger charge is 2.18. The van der Waals surface area contributed by atoms with E-state index in [9.17, 15) is 10.1 Å². The molecule has 1 aromatic carbocycles. The maximum atomic E-state index is 11.2. The largest absolute Gasteiger partial charge is 0.377 e. The fraction of sp³-hybridized carbons (Fsp3) is 0.562. The van der Waals surface area contributed by atoms with Crippen LogP contribution in [0.4, 0.5) is 11.4 Å². The summed E-state index contributed by atoms with van der Waals surface area (Å²) in [6, 6.07) is 6.59.